The van der Waals surface area contributed by atoms with Crippen molar-refractivity contribution in [3.8, 4) is 16.9 Å². The second kappa shape index (κ2) is 13.8. The van der Waals surface area contributed by atoms with Crippen LogP contribution in [0.2, 0.25) is 0 Å². The first-order valence-corrected chi connectivity index (χ1v) is 16.1. The molecule has 8 heteroatoms. The Kier molecular flexibility index (Phi) is 9.48. The first-order valence-electron chi connectivity index (χ1n) is 16.1. The van der Waals surface area contributed by atoms with E-state index in [9.17, 15) is 9.59 Å². The number of carbonyl (C=O) groups is 2. The molecule has 2 amide bonds. The van der Waals surface area contributed by atoms with Crippen LogP contribution < -0.4 is 20.7 Å². The molecule has 2 saturated carbocycles. The number of benzene rings is 3. The molecule has 0 atom stereocenters. The van der Waals surface area contributed by atoms with Crippen LogP contribution in [-0.4, -0.2) is 73.5 Å². The SMILES string of the molecule is CN1CCN(c2ccc(-c3cccc(CN(C(=O)C4CC4)C4CCC(N)CC4)c3)cc2NC(=O)COc2ccccc2)CC1. The lowest BCUT2D eigenvalue weighted by Crippen LogP contribution is -2.44. The number of nitrogens with zero attached hydrogens (tertiary/aromatic N) is 3. The van der Waals surface area contributed by atoms with Gasteiger partial charge in [0.15, 0.2) is 6.61 Å². The Morgan fingerprint density at radius 3 is 2.32 bits per heavy atom. The highest BCUT2D eigenvalue weighted by molar-refractivity contribution is 5.96. The first kappa shape index (κ1) is 30.2. The molecule has 1 aliphatic heterocycles. The van der Waals surface area contributed by atoms with Gasteiger partial charge in [0.05, 0.1) is 11.4 Å². The summed E-state index contributed by atoms with van der Waals surface area (Å²) in [6.07, 6.45) is 5.92. The van der Waals surface area contributed by atoms with Crippen LogP contribution in [0.3, 0.4) is 0 Å². The summed E-state index contributed by atoms with van der Waals surface area (Å²) in [4.78, 5) is 33.3. The fourth-order valence-corrected chi connectivity index (χ4v) is 6.40. The summed E-state index contributed by atoms with van der Waals surface area (Å²) in [6, 6.07) is 24.7. The van der Waals surface area contributed by atoms with Gasteiger partial charge in [0, 0.05) is 50.7 Å². The fraction of sp³-hybridized carbons (Fsp3) is 0.444. The van der Waals surface area contributed by atoms with Gasteiger partial charge in [0.1, 0.15) is 5.75 Å². The minimum Gasteiger partial charge on any atom is -0.484 e. The molecule has 0 radical (unpaired) electrons. The fourth-order valence-electron chi connectivity index (χ4n) is 6.40. The molecule has 0 bridgehead atoms. The predicted molar refractivity (Wildman–Crippen MR) is 176 cm³/mol. The molecule has 3 aromatic rings. The monoisotopic (exact) mass is 595 g/mol. The summed E-state index contributed by atoms with van der Waals surface area (Å²) in [5.41, 5.74) is 11.2. The number of anilines is 2. The van der Waals surface area contributed by atoms with Crippen molar-refractivity contribution in [1.82, 2.24) is 9.80 Å². The Balaban J connectivity index is 1.22. The van der Waals surface area contributed by atoms with E-state index < -0.39 is 0 Å². The van der Waals surface area contributed by atoms with Crippen LogP contribution in [0.15, 0.2) is 72.8 Å². The summed E-state index contributed by atoms with van der Waals surface area (Å²) in [7, 11) is 2.14. The zero-order valence-corrected chi connectivity index (χ0v) is 25.8. The highest BCUT2D eigenvalue weighted by atomic mass is 16.5. The highest BCUT2D eigenvalue weighted by Crippen LogP contribution is 2.36. The van der Waals surface area contributed by atoms with Crippen molar-refractivity contribution < 1.29 is 14.3 Å². The van der Waals surface area contributed by atoms with Crippen LogP contribution in [-0.2, 0) is 16.1 Å². The van der Waals surface area contributed by atoms with Crippen LogP contribution in [0.4, 0.5) is 11.4 Å². The number of piperazine rings is 1. The smallest absolute Gasteiger partial charge is 0.262 e. The van der Waals surface area contributed by atoms with Crippen molar-refractivity contribution in [3.63, 3.8) is 0 Å². The average molecular weight is 596 g/mol. The van der Waals surface area contributed by atoms with Gasteiger partial charge in [-0.3, -0.25) is 9.59 Å². The normalized spacial score (nSPS) is 20.6. The molecule has 6 rings (SSSR count). The molecule has 44 heavy (non-hydrogen) atoms. The Hall–Kier alpha value is -3.88. The van der Waals surface area contributed by atoms with Crippen LogP contribution in [0.5, 0.6) is 5.75 Å². The van der Waals surface area contributed by atoms with Gasteiger partial charge in [-0.1, -0.05) is 42.5 Å². The number of likely N-dealkylation sites (N-methyl/N-ethyl adjacent to an activating group) is 1. The van der Waals surface area contributed by atoms with E-state index in [-0.39, 0.29) is 30.5 Å². The second-order valence-electron chi connectivity index (χ2n) is 12.7. The van der Waals surface area contributed by atoms with E-state index in [1.54, 1.807) is 0 Å². The molecule has 3 aromatic carbocycles. The molecule has 232 valence electrons. The van der Waals surface area contributed by atoms with Gasteiger partial charge in [-0.2, -0.15) is 0 Å². The number of carbonyl (C=O) groups excluding carboxylic acids is 2. The van der Waals surface area contributed by atoms with Crippen LogP contribution in [0.25, 0.3) is 11.1 Å². The summed E-state index contributed by atoms with van der Waals surface area (Å²) in [5, 5.41) is 3.14. The lowest BCUT2D eigenvalue weighted by molar-refractivity contribution is -0.136. The average Bonchev–Trinajstić information content (AvgIpc) is 3.90. The molecular formula is C36H45N5O3. The van der Waals surface area contributed by atoms with E-state index in [2.05, 4.69) is 69.5 Å². The molecule has 2 aliphatic carbocycles. The van der Waals surface area contributed by atoms with Gasteiger partial charge in [-0.05, 0) is 92.6 Å². The first-order chi connectivity index (χ1) is 21.4. The van der Waals surface area contributed by atoms with Crippen molar-refractivity contribution in [1.29, 1.82) is 0 Å². The van der Waals surface area contributed by atoms with E-state index in [0.29, 0.717) is 18.2 Å². The number of amides is 2. The van der Waals surface area contributed by atoms with Crippen molar-refractivity contribution in [3.05, 3.63) is 78.4 Å². The van der Waals surface area contributed by atoms with Gasteiger partial charge in [-0.15, -0.1) is 0 Å². The molecule has 8 nitrogen and oxygen atoms in total. The van der Waals surface area contributed by atoms with Crippen LogP contribution in [0, 0.1) is 5.92 Å². The van der Waals surface area contributed by atoms with Gasteiger partial charge < -0.3 is 30.5 Å². The number of nitrogens with one attached hydrogen (secondary N) is 1. The Morgan fingerprint density at radius 1 is 0.864 bits per heavy atom. The van der Waals surface area contributed by atoms with Crippen molar-refractivity contribution >= 4 is 23.2 Å². The zero-order valence-electron chi connectivity index (χ0n) is 25.8. The van der Waals surface area contributed by atoms with E-state index in [1.165, 1.54) is 0 Å². The topological polar surface area (TPSA) is 91.1 Å². The third kappa shape index (κ3) is 7.60. The van der Waals surface area contributed by atoms with Gasteiger partial charge in [-0.25, -0.2) is 0 Å². The quantitative estimate of drug-likeness (QED) is 0.338. The predicted octanol–water partition coefficient (Wildman–Crippen LogP) is 5.13. The summed E-state index contributed by atoms with van der Waals surface area (Å²) in [6.45, 7) is 4.28. The van der Waals surface area contributed by atoms with Crippen LogP contribution in [0.1, 0.15) is 44.1 Å². The summed E-state index contributed by atoms with van der Waals surface area (Å²) in [5.74, 6) is 0.956. The largest absolute Gasteiger partial charge is 0.484 e. The second-order valence-corrected chi connectivity index (χ2v) is 12.7. The van der Waals surface area contributed by atoms with Crippen LogP contribution >= 0.6 is 0 Å². The van der Waals surface area contributed by atoms with Gasteiger partial charge in [0.25, 0.3) is 5.91 Å². The molecule has 1 saturated heterocycles. The molecule has 3 aliphatic rings. The third-order valence-electron chi connectivity index (χ3n) is 9.23. The number of nitrogens with two attached hydrogens (primary N) is 1. The van der Waals surface area contributed by atoms with Gasteiger partial charge in [0.2, 0.25) is 5.91 Å². The Bertz CT molecular complexity index is 1430. The number of hydrogen-bond acceptors (Lipinski definition) is 6. The zero-order chi connectivity index (χ0) is 30.5. The number of ether oxygens (including phenoxy) is 1. The van der Waals surface area contributed by atoms with Gasteiger partial charge >= 0.3 is 0 Å². The van der Waals surface area contributed by atoms with E-state index in [4.69, 9.17) is 10.5 Å². The molecular weight excluding hydrogens is 550 g/mol. The Labute approximate surface area is 261 Å². The van der Waals surface area contributed by atoms with E-state index >= 15 is 0 Å². The maximum atomic E-state index is 13.4. The summed E-state index contributed by atoms with van der Waals surface area (Å²) < 4.78 is 5.73. The van der Waals surface area contributed by atoms with Crippen molar-refractivity contribution in [2.75, 3.05) is 50.1 Å². The number of para-hydroxylation sites is 1. The standard InChI is InChI=1S/C36H45N5O3/c1-39-18-20-40(21-19-39)34-17-12-29(23-33(34)38-35(42)25-44-32-8-3-2-4-9-32)28-7-5-6-26(22-28)24-41(36(43)27-10-11-27)31-15-13-30(37)14-16-31/h2-9,12,17,22-23,27,30-31H,10-11,13-16,18-21,24-25,37H2,1H3,(H,38,42). The van der Waals surface area contributed by atoms with Crippen molar-refractivity contribution in [2.24, 2.45) is 11.7 Å². The molecule has 0 spiro atoms. The van der Waals surface area contributed by atoms with E-state index in [1.807, 2.05) is 30.3 Å². The maximum Gasteiger partial charge on any atom is 0.262 e. The molecule has 3 N–H and O–H groups in total. The molecule has 0 unspecified atom stereocenters. The number of rotatable bonds is 10. The number of hydrogen-bond donors (Lipinski definition) is 2. The van der Waals surface area contributed by atoms with Crippen molar-refractivity contribution in [2.45, 2.75) is 57.2 Å². The summed E-state index contributed by atoms with van der Waals surface area (Å²) >= 11 is 0. The van der Waals surface area contributed by atoms with E-state index in [0.717, 1.165) is 92.8 Å². The Morgan fingerprint density at radius 2 is 1.59 bits per heavy atom. The molecule has 1 heterocycles. The lowest BCUT2D eigenvalue weighted by atomic mass is 9.90. The molecule has 3 fully saturated rings. The minimum atomic E-state index is -0.198. The lowest BCUT2D eigenvalue weighted by Gasteiger charge is -2.36. The maximum absolute atomic E-state index is 13.4. The highest BCUT2D eigenvalue weighted by Gasteiger charge is 2.37. The molecule has 0 aromatic heterocycles. The minimum absolute atomic E-state index is 0.0666. The third-order valence-corrected chi connectivity index (χ3v) is 9.23.